The molecule has 0 unspecified atom stereocenters. The van der Waals surface area contributed by atoms with Gasteiger partial charge in [0.1, 0.15) is 0 Å². The summed E-state index contributed by atoms with van der Waals surface area (Å²) in [4.78, 5) is 0. The van der Waals surface area contributed by atoms with E-state index in [0.717, 1.165) is 18.3 Å². The van der Waals surface area contributed by atoms with Crippen LogP contribution in [0, 0.1) is 55.7 Å². The van der Waals surface area contributed by atoms with E-state index in [1.54, 1.807) is 0 Å². The van der Waals surface area contributed by atoms with Gasteiger partial charge in [-0.05, 0) is 126 Å². The molecule has 0 bridgehead atoms. The van der Waals surface area contributed by atoms with E-state index in [4.69, 9.17) is 0 Å². The summed E-state index contributed by atoms with van der Waals surface area (Å²) in [5.74, 6) is 2.12. The van der Waals surface area contributed by atoms with E-state index < -0.39 is 0 Å². The molecule has 0 aromatic rings. The number of rotatable bonds is 0. The molecule has 0 aliphatic heterocycles. The first-order valence-corrected chi connectivity index (χ1v) is 14.3. The van der Waals surface area contributed by atoms with Crippen molar-refractivity contribution in [2.45, 2.75) is 139 Å². The van der Waals surface area contributed by atoms with Crippen molar-refractivity contribution >= 4 is 0 Å². The van der Waals surface area contributed by atoms with Crippen molar-refractivity contribution in [2.24, 2.45) is 55.7 Å². The largest absolute Gasteiger partial charge is 0.393 e. The zero-order valence-corrected chi connectivity index (χ0v) is 23.0. The normalized spacial score (nSPS) is 61.7. The predicted molar refractivity (Wildman–Crippen MR) is 135 cm³/mol. The second kappa shape index (κ2) is 6.59. The maximum absolute atomic E-state index is 10.8. The first-order valence-electron chi connectivity index (χ1n) is 14.3. The quantitative estimate of drug-likeness (QED) is 0.398. The van der Waals surface area contributed by atoms with E-state index in [2.05, 4.69) is 62.3 Å². The second-order valence-corrected chi connectivity index (χ2v) is 16.1. The minimum Gasteiger partial charge on any atom is -0.393 e. The molecule has 5 rings (SSSR count). The highest BCUT2D eigenvalue weighted by atomic mass is 16.3. The van der Waals surface area contributed by atoms with Gasteiger partial charge >= 0.3 is 0 Å². The summed E-state index contributed by atoms with van der Waals surface area (Å²) >= 11 is 0. The minimum absolute atomic E-state index is 0.0956. The Balaban J connectivity index is 1.58. The summed E-state index contributed by atoms with van der Waals surface area (Å²) in [5.41, 5.74) is 3.06. The van der Waals surface area contributed by atoms with Gasteiger partial charge in [-0.1, -0.05) is 62.3 Å². The van der Waals surface area contributed by atoms with E-state index >= 15 is 0 Å². The third-order valence-electron chi connectivity index (χ3n) is 15.0. The fraction of sp³-hybridized carbons (Fsp3) is 1.00. The molecule has 1 N–H and O–H groups in total. The Morgan fingerprint density at radius 3 is 1.81 bits per heavy atom. The summed E-state index contributed by atoms with van der Waals surface area (Å²) in [6, 6.07) is 0. The SMILES string of the molecule is C[C@H]1[C@@H](O)CC[C@]2(C)[C@@H]3CC[C@@]4(C)[C@@H]5CC(C)(C)CC[C@]5(C)CC[C@@]4(C)[C@]3(C)CC[C@]12C. The van der Waals surface area contributed by atoms with Gasteiger partial charge in [0.15, 0.2) is 0 Å². The molecule has 5 aliphatic rings. The van der Waals surface area contributed by atoms with Crippen LogP contribution in [-0.2, 0) is 0 Å². The Bertz CT molecular complexity index is 785. The molecular weight excluding hydrogens is 388 g/mol. The molecule has 0 saturated heterocycles. The molecule has 0 aromatic heterocycles. The predicted octanol–water partition coefficient (Wildman–Crippen LogP) is 8.64. The van der Waals surface area contributed by atoms with Crippen LogP contribution >= 0.6 is 0 Å². The Labute approximate surface area is 199 Å². The van der Waals surface area contributed by atoms with Crippen molar-refractivity contribution in [3.63, 3.8) is 0 Å². The Hall–Kier alpha value is -0.0400. The zero-order chi connectivity index (χ0) is 23.6. The Kier molecular flexibility index (Phi) is 4.88. The Morgan fingerprint density at radius 1 is 0.562 bits per heavy atom. The van der Waals surface area contributed by atoms with Crippen molar-refractivity contribution < 1.29 is 5.11 Å². The van der Waals surface area contributed by atoms with Gasteiger partial charge in [0, 0.05) is 0 Å². The number of hydrogen-bond donors (Lipinski definition) is 1. The fourth-order valence-electron chi connectivity index (χ4n) is 11.7. The standard InChI is InChI=1S/C31H54O/c1-21-22(32)10-12-28(6)23-11-13-29(7)24-20-25(2,3)14-15-26(24,4)16-19-31(29,9)30(23,8)18-17-27(21,28)5/h21-24,32H,10-20H2,1-9H3/t21-,22-,23-,24+,26+,27+,28+,29-,30+,31+/m0/s1. The summed E-state index contributed by atoms with van der Waals surface area (Å²) in [5, 5.41) is 10.8. The highest BCUT2D eigenvalue weighted by Gasteiger charge is 2.74. The maximum Gasteiger partial charge on any atom is 0.0571 e. The summed E-state index contributed by atoms with van der Waals surface area (Å²) in [6.07, 6.45) is 14.9. The van der Waals surface area contributed by atoms with Crippen LogP contribution in [0.15, 0.2) is 0 Å². The van der Waals surface area contributed by atoms with Crippen molar-refractivity contribution in [2.75, 3.05) is 0 Å². The first-order chi connectivity index (χ1) is 14.6. The maximum atomic E-state index is 10.8. The van der Waals surface area contributed by atoms with Gasteiger partial charge in [0.05, 0.1) is 6.10 Å². The summed E-state index contributed by atoms with van der Waals surface area (Å²) < 4.78 is 0. The minimum atomic E-state index is -0.0956. The zero-order valence-electron chi connectivity index (χ0n) is 23.0. The average Bonchev–Trinajstić information content (AvgIpc) is 2.72. The van der Waals surface area contributed by atoms with Gasteiger partial charge in [-0.25, -0.2) is 0 Å². The molecule has 0 amide bonds. The number of hydrogen-bond acceptors (Lipinski definition) is 1. The highest BCUT2D eigenvalue weighted by molar-refractivity contribution is 5.22. The van der Waals surface area contributed by atoms with Gasteiger partial charge in [-0.2, -0.15) is 0 Å². The first kappa shape index (κ1) is 23.7. The van der Waals surface area contributed by atoms with Gasteiger partial charge in [-0.3, -0.25) is 0 Å². The van der Waals surface area contributed by atoms with E-state index in [0.29, 0.717) is 38.4 Å². The molecule has 0 spiro atoms. The van der Waals surface area contributed by atoms with Crippen LogP contribution < -0.4 is 0 Å². The molecule has 0 radical (unpaired) electrons. The smallest absolute Gasteiger partial charge is 0.0571 e. The topological polar surface area (TPSA) is 20.2 Å². The third-order valence-corrected chi connectivity index (χ3v) is 15.0. The third kappa shape index (κ3) is 2.57. The van der Waals surface area contributed by atoms with Gasteiger partial charge in [-0.15, -0.1) is 0 Å². The monoisotopic (exact) mass is 442 g/mol. The molecule has 10 atom stereocenters. The number of aliphatic hydroxyl groups excluding tert-OH is 1. The van der Waals surface area contributed by atoms with Crippen LogP contribution in [0.3, 0.4) is 0 Å². The van der Waals surface area contributed by atoms with Crippen LogP contribution in [0.5, 0.6) is 0 Å². The van der Waals surface area contributed by atoms with Crippen LogP contribution in [0.1, 0.15) is 133 Å². The molecule has 32 heavy (non-hydrogen) atoms. The van der Waals surface area contributed by atoms with E-state index in [9.17, 15) is 5.11 Å². The average molecular weight is 443 g/mol. The van der Waals surface area contributed by atoms with E-state index in [1.807, 2.05) is 0 Å². The second-order valence-electron chi connectivity index (χ2n) is 16.1. The highest BCUT2D eigenvalue weighted by Crippen LogP contribution is 2.81. The van der Waals surface area contributed by atoms with Gasteiger partial charge in [0.25, 0.3) is 0 Å². The lowest BCUT2D eigenvalue weighted by molar-refractivity contribution is -0.293. The van der Waals surface area contributed by atoms with Gasteiger partial charge < -0.3 is 5.11 Å². The lowest BCUT2D eigenvalue weighted by Crippen LogP contribution is -2.71. The van der Waals surface area contributed by atoms with Crippen molar-refractivity contribution in [3.05, 3.63) is 0 Å². The van der Waals surface area contributed by atoms with Crippen LogP contribution in [-0.4, -0.2) is 11.2 Å². The molecule has 184 valence electrons. The lowest BCUT2D eigenvalue weighted by Gasteiger charge is -2.78. The molecule has 1 nitrogen and oxygen atoms in total. The van der Waals surface area contributed by atoms with E-state index in [-0.39, 0.29) is 11.5 Å². The summed E-state index contributed by atoms with van der Waals surface area (Å²) in [7, 11) is 0. The van der Waals surface area contributed by atoms with Crippen LogP contribution in [0.4, 0.5) is 0 Å². The van der Waals surface area contributed by atoms with Crippen molar-refractivity contribution in [1.29, 1.82) is 0 Å². The lowest BCUT2D eigenvalue weighted by atomic mass is 9.27. The Morgan fingerprint density at radius 2 is 1.12 bits per heavy atom. The molecule has 5 saturated carbocycles. The number of fused-ring (bicyclic) bond motifs is 7. The summed E-state index contributed by atoms with van der Waals surface area (Å²) in [6.45, 7) is 23.7. The van der Waals surface area contributed by atoms with Crippen LogP contribution in [0.25, 0.3) is 0 Å². The van der Waals surface area contributed by atoms with Crippen LogP contribution in [0.2, 0.25) is 0 Å². The molecule has 0 heterocycles. The van der Waals surface area contributed by atoms with Crippen molar-refractivity contribution in [3.8, 4) is 0 Å². The van der Waals surface area contributed by atoms with E-state index in [1.165, 1.54) is 64.2 Å². The molecule has 0 aromatic carbocycles. The number of aliphatic hydroxyl groups is 1. The van der Waals surface area contributed by atoms with Crippen molar-refractivity contribution in [1.82, 2.24) is 0 Å². The van der Waals surface area contributed by atoms with Gasteiger partial charge in [0.2, 0.25) is 0 Å². The molecular formula is C31H54O. The fourth-order valence-corrected chi connectivity index (χ4v) is 11.7. The molecule has 5 aliphatic carbocycles. The molecule has 5 fully saturated rings. The molecule has 1 heteroatoms.